The predicted molar refractivity (Wildman–Crippen MR) is 63.9 cm³/mol. The van der Waals surface area contributed by atoms with Crippen LogP contribution in [-0.2, 0) is 9.53 Å². The van der Waals surface area contributed by atoms with E-state index in [-0.39, 0.29) is 5.92 Å². The van der Waals surface area contributed by atoms with Gasteiger partial charge in [-0.3, -0.25) is 0 Å². The van der Waals surface area contributed by atoms with Crippen LogP contribution < -0.4 is 10.6 Å². The van der Waals surface area contributed by atoms with Crippen molar-refractivity contribution in [3.8, 4) is 0 Å². The summed E-state index contributed by atoms with van der Waals surface area (Å²) in [6.07, 6.45) is 1.39. The van der Waals surface area contributed by atoms with Gasteiger partial charge < -0.3 is 20.5 Å². The number of ether oxygens (including phenoxy) is 1. The molecular weight excluding hydrogens is 224 g/mol. The van der Waals surface area contributed by atoms with E-state index >= 15 is 0 Å². The number of carboxylic acids is 1. The van der Waals surface area contributed by atoms with Gasteiger partial charge in [-0.2, -0.15) is 0 Å². The lowest BCUT2D eigenvalue weighted by atomic mass is 9.99. The van der Waals surface area contributed by atoms with Crippen molar-refractivity contribution < 1.29 is 19.4 Å². The highest BCUT2D eigenvalue weighted by Crippen LogP contribution is 2.07. The van der Waals surface area contributed by atoms with Crippen LogP contribution in [0.1, 0.15) is 26.7 Å². The molecule has 0 aliphatic carbocycles. The van der Waals surface area contributed by atoms with E-state index in [0.717, 1.165) is 0 Å². The van der Waals surface area contributed by atoms with Gasteiger partial charge in [0.2, 0.25) is 0 Å². The second-order valence-corrected chi connectivity index (χ2v) is 3.95. The van der Waals surface area contributed by atoms with Gasteiger partial charge in [0, 0.05) is 20.3 Å². The molecule has 0 saturated heterocycles. The highest BCUT2D eigenvalue weighted by molar-refractivity contribution is 5.82. The number of hydrogen-bond acceptors (Lipinski definition) is 3. The van der Waals surface area contributed by atoms with Crippen molar-refractivity contribution in [2.45, 2.75) is 32.7 Å². The summed E-state index contributed by atoms with van der Waals surface area (Å²) >= 11 is 0. The zero-order valence-electron chi connectivity index (χ0n) is 10.7. The van der Waals surface area contributed by atoms with Crippen molar-refractivity contribution in [2.24, 2.45) is 5.92 Å². The van der Waals surface area contributed by atoms with Crippen molar-refractivity contribution in [1.29, 1.82) is 0 Å². The van der Waals surface area contributed by atoms with Gasteiger partial charge in [0.05, 0.1) is 0 Å². The van der Waals surface area contributed by atoms with Gasteiger partial charge in [0.15, 0.2) is 0 Å². The van der Waals surface area contributed by atoms with Gasteiger partial charge in [-0.25, -0.2) is 9.59 Å². The third-order valence-corrected chi connectivity index (χ3v) is 2.58. The SMILES string of the molecule is CC[C@H](C)[C@H](NC(=O)NCCCOC)C(=O)O. The molecule has 6 nitrogen and oxygen atoms in total. The summed E-state index contributed by atoms with van der Waals surface area (Å²) in [5, 5.41) is 14.0. The maximum absolute atomic E-state index is 11.4. The van der Waals surface area contributed by atoms with Crippen molar-refractivity contribution in [3.63, 3.8) is 0 Å². The molecule has 0 radical (unpaired) electrons. The van der Waals surface area contributed by atoms with Crippen LogP contribution in [0.5, 0.6) is 0 Å². The van der Waals surface area contributed by atoms with E-state index in [4.69, 9.17) is 9.84 Å². The van der Waals surface area contributed by atoms with Crippen LogP contribution in [0.2, 0.25) is 0 Å². The quantitative estimate of drug-likeness (QED) is 0.553. The fourth-order valence-corrected chi connectivity index (χ4v) is 1.29. The normalized spacial score (nSPS) is 13.8. The molecule has 0 aliphatic rings. The number of carboxylic acid groups (broad SMARTS) is 1. The zero-order valence-corrected chi connectivity index (χ0v) is 10.7. The van der Waals surface area contributed by atoms with Gasteiger partial charge in [0.25, 0.3) is 0 Å². The van der Waals surface area contributed by atoms with Crippen LogP contribution in [0.15, 0.2) is 0 Å². The van der Waals surface area contributed by atoms with Crippen molar-refractivity contribution in [3.05, 3.63) is 0 Å². The lowest BCUT2D eigenvalue weighted by Crippen LogP contribution is -2.49. The Morgan fingerprint density at radius 3 is 2.53 bits per heavy atom. The minimum atomic E-state index is -1.01. The molecule has 0 unspecified atom stereocenters. The van der Waals surface area contributed by atoms with E-state index in [2.05, 4.69) is 10.6 Å². The first-order valence-corrected chi connectivity index (χ1v) is 5.79. The topological polar surface area (TPSA) is 87.7 Å². The first kappa shape index (κ1) is 15.7. The van der Waals surface area contributed by atoms with Crippen LogP contribution >= 0.6 is 0 Å². The molecule has 6 heteroatoms. The second-order valence-electron chi connectivity index (χ2n) is 3.95. The standard InChI is InChI=1S/C11H22N2O4/c1-4-8(2)9(10(14)15)13-11(16)12-6-5-7-17-3/h8-9H,4-7H2,1-3H3,(H,14,15)(H2,12,13,16)/t8-,9-/m0/s1. The van der Waals surface area contributed by atoms with E-state index in [0.29, 0.717) is 26.0 Å². The molecule has 0 saturated carbocycles. The number of carbonyl (C=O) groups is 2. The van der Waals surface area contributed by atoms with Gasteiger partial charge in [0.1, 0.15) is 6.04 Å². The summed E-state index contributed by atoms with van der Waals surface area (Å²) in [6, 6.07) is -1.30. The fraction of sp³-hybridized carbons (Fsp3) is 0.818. The number of amides is 2. The molecule has 0 fully saturated rings. The van der Waals surface area contributed by atoms with Crippen LogP contribution in [0, 0.1) is 5.92 Å². The Morgan fingerprint density at radius 1 is 1.41 bits per heavy atom. The van der Waals surface area contributed by atoms with Crippen LogP contribution in [0.3, 0.4) is 0 Å². The van der Waals surface area contributed by atoms with Crippen LogP contribution in [0.25, 0.3) is 0 Å². The monoisotopic (exact) mass is 246 g/mol. The maximum Gasteiger partial charge on any atom is 0.326 e. The second kappa shape index (κ2) is 8.81. The Bertz CT molecular complexity index is 246. The van der Waals surface area contributed by atoms with Crippen LogP contribution in [0.4, 0.5) is 4.79 Å². The fourth-order valence-electron chi connectivity index (χ4n) is 1.29. The predicted octanol–water partition coefficient (Wildman–Crippen LogP) is 0.821. The highest BCUT2D eigenvalue weighted by Gasteiger charge is 2.24. The largest absolute Gasteiger partial charge is 0.480 e. The lowest BCUT2D eigenvalue weighted by molar-refractivity contribution is -0.140. The summed E-state index contributed by atoms with van der Waals surface area (Å²) < 4.78 is 4.83. The molecule has 0 aliphatic heterocycles. The molecule has 100 valence electrons. The van der Waals surface area contributed by atoms with Crippen LogP contribution in [-0.4, -0.2) is 43.4 Å². The smallest absolute Gasteiger partial charge is 0.326 e. The summed E-state index contributed by atoms with van der Waals surface area (Å²) in [5.41, 5.74) is 0. The molecule has 2 atom stereocenters. The molecule has 0 aromatic rings. The lowest BCUT2D eigenvalue weighted by Gasteiger charge is -2.20. The highest BCUT2D eigenvalue weighted by atomic mass is 16.5. The number of methoxy groups -OCH3 is 1. The van der Waals surface area contributed by atoms with E-state index in [1.807, 2.05) is 6.92 Å². The Hall–Kier alpha value is -1.30. The molecule has 0 rings (SSSR count). The number of aliphatic carboxylic acids is 1. The number of carbonyl (C=O) groups excluding carboxylic acids is 1. The first-order valence-electron chi connectivity index (χ1n) is 5.79. The van der Waals surface area contributed by atoms with Gasteiger partial charge in [-0.1, -0.05) is 20.3 Å². The molecule has 0 aromatic carbocycles. The van der Waals surface area contributed by atoms with E-state index < -0.39 is 18.0 Å². The number of rotatable bonds is 8. The Kier molecular flexibility index (Phi) is 8.13. The van der Waals surface area contributed by atoms with E-state index in [1.165, 1.54) is 0 Å². The summed E-state index contributed by atoms with van der Waals surface area (Å²) in [7, 11) is 1.59. The minimum Gasteiger partial charge on any atom is -0.480 e. The molecule has 0 heterocycles. The maximum atomic E-state index is 11.4. The molecule has 0 spiro atoms. The molecule has 3 N–H and O–H groups in total. The molecular formula is C11H22N2O4. The zero-order chi connectivity index (χ0) is 13.3. The summed E-state index contributed by atoms with van der Waals surface area (Å²) in [5.74, 6) is -1.11. The average molecular weight is 246 g/mol. The molecule has 0 aromatic heterocycles. The Labute approximate surface area is 102 Å². The van der Waals surface area contributed by atoms with Gasteiger partial charge >= 0.3 is 12.0 Å². The minimum absolute atomic E-state index is 0.0998. The Balaban J connectivity index is 4.00. The van der Waals surface area contributed by atoms with Crippen molar-refractivity contribution in [2.75, 3.05) is 20.3 Å². The van der Waals surface area contributed by atoms with E-state index in [1.54, 1.807) is 14.0 Å². The van der Waals surface area contributed by atoms with Crippen molar-refractivity contribution >= 4 is 12.0 Å². The van der Waals surface area contributed by atoms with Gasteiger partial charge in [-0.15, -0.1) is 0 Å². The van der Waals surface area contributed by atoms with Crippen molar-refractivity contribution in [1.82, 2.24) is 10.6 Å². The molecule has 17 heavy (non-hydrogen) atoms. The summed E-state index contributed by atoms with van der Waals surface area (Å²) in [4.78, 5) is 22.4. The summed E-state index contributed by atoms with van der Waals surface area (Å²) in [6.45, 7) is 4.71. The van der Waals surface area contributed by atoms with Gasteiger partial charge in [-0.05, 0) is 12.3 Å². The van der Waals surface area contributed by atoms with E-state index in [9.17, 15) is 9.59 Å². The third-order valence-electron chi connectivity index (χ3n) is 2.58. The number of nitrogens with one attached hydrogen (secondary N) is 2. The number of hydrogen-bond donors (Lipinski definition) is 3. The average Bonchev–Trinajstić information content (AvgIpc) is 2.30. The Morgan fingerprint density at radius 2 is 2.06 bits per heavy atom. The molecule has 2 amide bonds. The molecule has 0 bridgehead atoms. The number of urea groups is 1. The first-order chi connectivity index (χ1) is 8.02. The third kappa shape index (κ3) is 6.78.